The highest BCUT2D eigenvalue weighted by Gasteiger charge is 2.08. The fourth-order valence-corrected chi connectivity index (χ4v) is 3.28. The summed E-state index contributed by atoms with van der Waals surface area (Å²) in [5.41, 5.74) is 0. The molecule has 0 aliphatic rings. The van der Waals surface area contributed by atoms with Gasteiger partial charge in [-0.3, -0.25) is 0 Å². The molecule has 0 radical (unpaired) electrons. The van der Waals surface area contributed by atoms with E-state index in [0.29, 0.717) is 26.2 Å². The van der Waals surface area contributed by atoms with Crippen molar-refractivity contribution in [3.05, 3.63) is 60.7 Å². The number of hydrogen-bond donors (Lipinski definition) is 4. The molecule has 0 fully saturated rings. The quantitative estimate of drug-likeness (QED) is 0.264. The zero-order valence-corrected chi connectivity index (χ0v) is 18.6. The predicted octanol–water partition coefficient (Wildman–Crippen LogP) is 0.944. The van der Waals surface area contributed by atoms with Crippen LogP contribution in [0, 0.1) is 0 Å². The summed E-state index contributed by atoms with van der Waals surface area (Å²) in [6, 6.07) is 19.3. The van der Waals surface area contributed by atoms with Crippen molar-refractivity contribution in [1.29, 1.82) is 0 Å². The SMILES string of the molecule is O[C@H](CCOc1ccccc1)C[NH2+]CCCCCC[NH2+]C[C@@H](O)COc1ccccc1. The number of para-hydroxylation sites is 2. The Morgan fingerprint density at radius 2 is 1.16 bits per heavy atom. The maximum absolute atomic E-state index is 10.0. The number of hydrogen-bond acceptors (Lipinski definition) is 4. The average Bonchev–Trinajstić information content (AvgIpc) is 2.80. The van der Waals surface area contributed by atoms with E-state index < -0.39 is 6.10 Å². The molecule has 6 heteroatoms. The standard InChI is InChI=1S/C25H38N2O4/c28-22(15-18-30-24-11-5-3-6-12-24)19-26-16-9-1-2-10-17-27-20-23(29)21-31-25-13-7-4-8-14-25/h3-8,11-14,22-23,26-29H,1-2,9-10,15-21H2/p+2/t22-,23-/m1/s1. The van der Waals surface area contributed by atoms with Crippen LogP contribution in [0.4, 0.5) is 0 Å². The third-order valence-electron chi connectivity index (χ3n) is 5.09. The van der Waals surface area contributed by atoms with Gasteiger partial charge in [0.2, 0.25) is 0 Å². The number of nitrogens with two attached hydrogens (primary N) is 2. The molecule has 0 aliphatic carbocycles. The Balaban J connectivity index is 1.32. The number of aliphatic hydroxyl groups excluding tert-OH is 2. The lowest BCUT2D eigenvalue weighted by atomic mass is 10.2. The Morgan fingerprint density at radius 1 is 0.645 bits per heavy atom. The fourth-order valence-electron chi connectivity index (χ4n) is 3.28. The van der Waals surface area contributed by atoms with Gasteiger partial charge in [0.1, 0.15) is 43.4 Å². The molecule has 31 heavy (non-hydrogen) atoms. The van der Waals surface area contributed by atoms with Gasteiger partial charge in [-0.1, -0.05) is 36.4 Å². The summed E-state index contributed by atoms with van der Waals surface area (Å²) >= 11 is 0. The number of benzene rings is 2. The first-order valence-electron chi connectivity index (χ1n) is 11.6. The normalized spacial score (nSPS) is 13.0. The molecule has 172 valence electrons. The zero-order valence-electron chi connectivity index (χ0n) is 18.6. The first kappa shape index (κ1) is 25.1. The van der Waals surface area contributed by atoms with E-state index in [2.05, 4.69) is 10.6 Å². The van der Waals surface area contributed by atoms with Gasteiger partial charge in [-0.15, -0.1) is 0 Å². The molecule has 0 aromatic heterocycles. The summed E-state index contributed by atoms with van der Waals surface area (Å²) in [5.74, 6) is 1.65. The number of unbranched alkanes of at least 4 members (excludes halogenated alkanes) is 3. The summed E-state index contributed by atoms with van der Waals surface area (Å²) in [6.45, 7) is 4.37. The Morgan fingerprint density at radius 3 is 1.74 bits per heavy atom. The van der Waals surface area contributed by atoms with Crippen LogP contribution in [-0.4, -0.2) is 61.8 Å². The van der Waals surface area contributed by atoms with Gasteiger partial charge in [-0.25, -0.2) is 0 Å². The van der Waals surface area contributed by atoms with E-state index in [9.17, 15) is 10.2 Å². The first-order valence-corrected chi connectivity index (χ1v) is 11.6. The van der Waals surface area contributed by atoms with Crippen molar-refractivity contribution in [1.82, 2.24) is 0 Å². The van der Waals surface area contributed by atoms with Gasteiger partial charge in [0.25, 0.3) is 0 Å². The van der Waals surface area contributed by atoms with Crippen molar-refractivity contribution in [2.75, 3.05) is 39.4 Å². The van der Waals surface area contributed by atoms with Gasteiger partial charge >= 0.3 is 0 Å². The van der Waals surface area contributed by atoms with Crippen LogP contribution in [0.5, 0.6) is 11.5 Å². The summed E-state index contributed by atoms with van der Waals surface area (Å²) in [7, 11) is 0. The van der Waals surface area contributed by atoms with E-state index in [-0.39, 0.29) is 6.10 Å². The van der Waals surface area contributed by atoms with Crippen LogP contribution < -0.4 is 20.1 Å². The Bertz CT molecular complexity index is 657. The lowest BCUT2D eigenvalue weighted by Crippen LogP contribution is -2.86. The molecule has 6 nitrogen and oxygen atoms in total. The van der Waals surface area contributed by atoms with E-state index in [1.807, 2.05) is 60.7 Å². The van der Waals surface area contributed by atoms with Crippen molar-refractivity contribution < 1.29 is 30.3 Å². The third-order valence-corrected chi connectivity index (χ3v) is 5.09. The monoisotopic (exact) mass is 432 g/mol. The van der Waals surface area contributed by atoms with Gasteiger partial charge in [0, 0.05) is 6.42 Å². The van der Waals surface area contributed by atoms with E-state index in [0.717, 1.165) is 37.6 Å². The van der Waals surface area contributed by atoms with Gasteiger partial charge in [0.15, 0.2) is 0 Å². The van der Waals surface area contributed by atoms with Crippen LogP contribution in [-0.2, 0) is 0 Å². The molecule has 0 unspecified atom stereocenters. The molecule has 0 spiro atoms. The van der Waals surface area contributed by atoms with Crippen molar-refractivity contribution in [3.8, 4) is 11.5 Å². The number of aliphatic hydroxyl groups is 2. The van der Waals surface area contributed by atoms with Crippen molar-refractivity contribution >= 4 is 0 Å². The van der Waals surface area contributed by atoms with E-state index in [1.54, 1.807) is 0 Å². The van der Waals surface area contributed by atoms with Crippen LogP contribution in [0.3, 0.4) is 0 Å². The van der Waals surface area contributed by atoms with Crippen LogP contribution >= 0.6 is 0 Å². The molecule has 0 saturated heterocycles. The summed E-state index contributed by atoms with van der Waals surface area (Å²) in [5, 5.41) is 24.4. The molecule has 2 aromatic rings. The molecule has 2 atom stereocenters. The second kappa shape index (κ2) is 16.6. The van der Waals surface area contributed by atoms with Gasteiger partial charge < -0.3 is 30.3 Å². The van der Waals surface area contributed by atoms with Crippen molar-refractivity contribution in [3.63, 3.8) is 0 Å². The topological polar surface area (TPSA) is 92.1 Å². The zero-order chi connectivity index (χ0) is 22.0. The smallest absolute Gasteiger partial charge is 0.137 e. The minimum absolute atomic E-state index is 0.324. The number of quaternary nitrogens is 2. The van der Waals surface area contributed by atoms with Gasteiger partial charge in [-0.05, 0) is 49.9 Å². The summed E-state index contributed by atoms with van der Waals surface area (Å²) in [4.78, 5) is 0. The predicted molar refractivity (Wildman–Crippen MR) is 122 cm³/mol. The third kappa shape index (κ3) is 13.0. The fraction of sp³-hybridized carbons (Fsp3) is 0.520. The molecule has 2 aromatic carbocycles. The highest BCUT2D eigenvalue weighted by Crippen LogP contribution is 2.09. The first-order chi connectivity index (χ1) is 15.2. The van der Waals surface area contributed by atoms with Crippen LogP contribution in [0.15, 0.2) is 60.7 Å². The second-order valence-corrected chi connectivity index (χ2v) is 7.92. The van der Waals surface area contributed by atoms with Crippen LogP contribution in [0.1, 0.15) is 32.1 Å². The summed E-state index contributed by atoms with van der Waals surface area (Å²) in [6.07, 6.45) is 4.62. The highest BCUT2D eigenvalue weighted by atomic mass is 16.5. The largest absolute Gasteiger partial charge is 0.493 e. The maximum Gasteiger partial charge on any atom is 0.137 e. The number of ether oxygens (including phenoxy) is 2. The maximum atomic E-state index is 10.0. The van der Waals surface area contributed by atoms with Crippen LogP contribution in [0.2, 0.25) is 0 Å². The van der Waals surface area contributed by atoms with Crippen molar-refractivity contribution in [2.45, 2.75) is 44.3 Å². The Kier molecular flexibility index (Phi) is 13.4. The lowest BCUT2D eigenvalue weighted by Gasteiger charge is -2.11. The molecule has 0 bridgehead atoms. The van der Waals surface area contributed by atoms with E-state index >= 15 is 0 Å². The van der Waals surface area contributed by atoms with Gasteiger partial charge in [-0.2, -0.15) is 0 Å². The molecular weight excluding hydrogens is 392 g/mol. The molecule has 0 aliphatic heterocycles. The molecule has 0 heterocycles. The minimum atomic E-state index is -0.445. The van der Waals surface area contributed by atoms with E-state index in [4.69, 9.17) is 9.47 Å². The summed E-state index contributed by atoms with van der Waals surface area (Å²) < 4.78 is 11.2. The number of rotatable bonds is 18. The molecule has 6 N–H and O–H groups in total. The van der Waals surface area contributed by atoms with Crippen molar-refractivity contribution in [2.24, 2.45) is 0 Å². The molecule has 0 amide bonds. The van der Waals surface area contributed by atoms with E-state index in [1.165, 1.54) is 19.3 Å². The molecule has 0 saturated carbocycles. The Labute approximate surface area is 186 Å². The minimum Gasteiger partial charge on any atom is -0.493 e. The highest BCUT2D eigenvalue weighted by molar-refractivity contribution is 5.21. The lowest BCUT2D eigenvalue weighted by molar-refractivity contribution is -0.662. The molecule has 2 rings (SSSR count). The average molecular weight is 433 g/mol. The second-order valence-electron chi connectivity index (χ2n) is 7.92. The van der Waals surface area contributed by atoms with Crippen LogP contribution in [0.25, 0.3) is 0 Å². The molecular formula is C25H40N2O4+2. The Hall–Kier alpha value is -2.12. The van der Waals surface area contributed by atoms with Gasteiger partial charge in [0.05, 0.1) is 19.7 Å².